The molecule has 0 radical (unpaired) electrons. The van der Waals surface area contributed by atoms with Crippen LogP contribution in [0.1, 0.15) is 105 Å². The molecule has 5 aliphatic heterocycles. The van der Waals surface area contributed by atoms with Gasteiger partial charge < -0.3 is 66.2 Å². The van der Waals surface area contributed by atoms with E-state index >= 15 is 0 Å². The van der Waals surface area contributed by atoms with Crippen molar-refractivity contribution in [3.8, 4) is 0 Å². The molecule has 23 rings (SSSR count). The molecule has 17 nitrogen and oxygen atoms in total. The van der Waals surface area contributed by atoms with E-state index in [1.54, 1.807) is 29.7 Å². The molecule has 0 amide bonds. The summed E-state index contributed by atoms with van der Waals surface area (Å²) in [5.41, 5.74) is 21.4. The Bertz CT molecular complexity index is 7480. The maximum atomic E-state index is 8.42. The van der Waals surface area contributed by atoms with Crippen molar-refractivity contribution in [1.82, 2.24) is 24.7 Å². The molecule has 0 saturated carbocycles. The van der Waals surface area contributed by atoms with Crippen LogP contribution in [0, 0.1) is 34.6 Å². The number of aromatic nitrogens is 2. The molecule has 0 bridgehead atoms. The smallest absolute Gasteiger partial charge is 0.178 e. The highest BCUT2D eigenvalue weighted by atomic mass is 16.3. The normalized spacial score (nSPS) is 19.5. The maximum Gasteiger partial charge on any atom is 0.178 e. The lowest BCUT2D eigenvalue weighted by Gasteiger charge is -2.33. The number of aryl methyl sites for hydroxylation is 5. The summed E-state index contributed by atoms with van der Waals surface area (Å²) in [6.07, 6.45) is 13.5. The van der Waals surface area contributed by atoms with Gasteiger partial charge in [-0.25, -0.2) is 9.97 Å². The molecule has 18 aromatic rings. The summed E-state index contributed by atoms with van der Waals surface area (Å²) in [5.74, 6) is 1.69. The molecule has 12 aromatic carbocycles. The van der Waals surface area contributed by atoms with Gasteiger partial charge >= 0.3 is 0 Å². The first kappa shape index (κ1) is 65.8. The molecule has 1 unspecified atom stereocenters. The highest BCUT2D eigenvalue weighted by Crippen LogP contribution is 2.52. The van der Waals surface area contributed by atoms with Gasteiger partial charge in [0.1, 0.15) is 58.7 Å². The van der Waals surface area contributed by atoms with Crippen LogP contribution >= 0.6 is 0 Å². The number of fused-ring (bicyclic) bond motifs is 17. The second-order valence-corrected chi connectivity index (χ2v) is 32.1. The van der Waals surface area contributed by atoms with Crippen molar-refractivity contribution in [2.45, 2.75) is 140 Å². The first-order valence-corrected chi connectivity index (χ1v) is 41.4. The van der Waals surface area contributed by atoms with Crippen LogP contribution in [-0.2, 0) is 0 Å². The Morgan fingerprint density at radius 3 is 1.02 bits per heavy atom. The van der Waals surface area contributed by atoms with E-state index in [0.29, 0.717) is 5.69 Å². The maximum absolute atomic E-state index is 8.42. The van der Waals surface area contributed by atoms with Crippen LogP contribution < -0.4 is 34.3 Å². The molecule has 17 heteroatoms. The minimum atomic E-state index is -2.43. The molecule has 122 heavy (non-hydrogen) atoms. The van der Waals surface area contributed by atoms with E-state index in [1.807, 2.05) is 240 Å². The predicted octanol–water partition coefficient (Wildman–Crippen LogP) is 27.1. The van der Waals surface area contributed by atoms with Crippen LogP contribution in [0.25, 0.3) is 110 Å². The number of furan rings is 5. The largest absolute Gasteiger partial charge is 0.454 e. The van der Waals surface area contributed by atoms with Gasteiger partial charge in [0.2, 0.25) is 0 Å². The average Bonchev–Trinajstić information content (AvgIpc) is 1.56. The molecule has 612 valence electrons. The fraction of sp³-hybridized carbons (Fsp3) is 0.219. The van der Waals surface area contributed by atoms with Gasteiger partial charge in [-0.15, -0.1) is 0 Å². The molecule has 0 aliphatic carbocycles. The molecule has 0 spiro atoms. The number of hydrogen-bond donors (Lipinski definition) is 0. The second kappa shape index (κ2) is 31.3. The molecule has 5 aliphatic rings. The topological polar surface area (TPSA) is 124 Å². The van der Waals surface area contributed by atoms with Crippen molar-refractivity contribution in [2.24, 2.45) is 0 Å². The average molecular weight is 1620 g/mol. The summed E-state index contributed by atoms with van der Waals surface area (Å²) in [6.45, 7) is 18.7. The van der Waals surface area contributed by atoms with Crippen LogP contribution in [-0.4, -0.2) is 81.5 Å². The number of rotatable bonds is 8. The third kappa shape index (κ3) is 13.1. The van der Waals surface area contributed by atoms with Gasteiger partial charge in [0, 0.05) is 147 Å². The molecule has 6 aromatic heterocycles. The van der Waals surface area contributed by atoms with Gasteiger partial charge in [-0.2, -0.15) is 0 Å². The lowest BCUT2D eigenvalue weighted by molar-refractivity contribution is 0.263. The molecule has 0 N–H and O–H groups in total. The lowest BCUT2D eigenvalue weighted by atomic mass is 10.1. The summed E-state index contributed by atoms with van der Waals surface area (Å²) in [7, 11) is 0. The van der Waals surface area contributed by atoms with Crippen LogP contribution in [0.5, 0.6) is 0 Å². The van der Waals surface area contributed by atoms with Crippen molar-refractivity contribution in [1.29, 1.82) is 0 Å². The Hall–Kier alpha value is -14.1. The van der Waals surface area contributed by atoms with Gasteiger partial charge in [0.15, 0.2) is 39.6 Å². The Labute approximate surface area is 727 Å². The van der Waals surface area contributed by atoms with Crippen LogP contribution in [0.2, 0.25) is 0 Å². The lowest BCUT2D eigenvalue weighted by Crippen LogP contribution is -2.39. The third-order valence-corrected chi connectivity index (χ3v) is 24.4. The number of nitrogens with zero attached hydrogens (tertiary/aromatic N) is 12. The molecule has 6 atom stereocenters. The van der Waals surface area contributed by atoms with Gasteiger partial charge in [-0.3, -0.25) is 4.90 Å². The highest BCUT2D eigenvalue weighted by molar-refractivity contribution is 6.15. The molecular formula is C105H102N12O5. The summed E-state index contributed by atoms with van der Waals surface area (Å²) < 4.78 is 118. The third-order valence-electron chi connectivity index (χ3n) is 24.4. The Kier molecular flexibility index (Phi) is 16.9. The van der Waals surface area contributed by atoms with Crippen molar-refractivity contribution in [3.05, 3.63) is 314 Å². The van der Waals surface area contributed by atoms with E-state index in [4.69, 9.17) is 42.1 Å². The summed E-state index contributed by atoms with van der Waals surface area (Å²) in [5, 5.41) is 10.8. The first-order chi connectivity index (χ1) is 63.5. The first-order valence-electron chi connectivity index (χ1n) is 46.9. The van der Waals surface area contributed by atoms with Crippen LogP contribution in [0.3, 0.4) is 0 Å². The second-order valence-electron chi connectivity index (χ2n) is 32.1. The predicted molar refractivity (Wildman–Crippen MR) is 506 cm³/mol. The van der Waals surface area contributed by atoms with E-state index in [0.717, 1.165) is 183 Å². The minimum absolute atomic E-state index is 0.0117. The van der Waals surface area contributed by atoms with E-state index in [9.17, 15) is 0 Å². The van der Waals surface area contributed by atoms with Gasteiger partial charge in [-0.1, -0.05) is 182 Å². The minimum Gasteiger partial charge on any atom is -0.454 e. The molecular weight excluding hydrogens is 1510 g/mol. The quantitative estimate of drug-likeness (QED) is 0.143. The highest BCUT2D eigenvalue weighted by Gasteiger charge is 2.41. The summed E-state index contributed by atoms with van der Waals surface area (Å²) in [6, 6.07) is 76.7. The number of anilines is 10. The Balaban J connectivity index is 0.000000107. The van der Waals surface area contributed by atoms with Crippen molar-refractivity contribution in [3.63, 3.8) is 0 Å². The number of para-hydroxylation sites is 8. The fourth-order valence-corrected chi connectivity index (χ4v) is 18.3. The zero-order valence-corrected chi connectivity index (χ0v) is 70.4. The molecule has 0 fully saturated rings. The number of hydrogen-bond acceptors (Lipinski definition) is 17. The van der Waals surface area contributed by atoms with E-state index < -0.39 is 32.8 Å². The number of benzene rings is 12. The van der Waals surface area contributed by atoms with Crippen molar-refractivity contribution >= 4 is 167 Å². The molecule has 0 saturated heterocycles. The SMILES string of the molecule is Cc1ccc2c(oc3ccccc32)c1N1c2nccnc2N(c2ccccc2)[C@@H]1C.[2H]C(C)(C)N1C=CN(c2c(C)ccc3c2oc2ccccc23)[C@H]1C.[2H]C([2H])([2H])C([2H])(C)N1C=CN(c2c(C)ccc3c2oc2ccccc23)[C@H]1C.[2H]C([2H])([2H])N1C=CN(c2c(C)ccc3c2oc2ccccc23)[C@H]1C.[2H]C([2H])([2H])N1c2ccccc2N(c2c(C)ccc3c2oc2ccccc23)[C@H]1C. The van der Waals surface area contributed by atoms with E-state index in [1.165, 1.54) is 22.3 Å². The van der Waals surface area contributed by atoms with E-state index in [2.05, 4.69) is 143 Å². The fourth-order valence-electron chi connectivity index (χ4n) is 18.3. The monoisotopic (exact) mass is 1620 g/mol. The van der Waals surface area contributed by atoms with Gasteiger partial charge in [0.05, 0.1) is 42.6 Å². The van der Waals surface area contributed by atoms with Crippen LogP contribution in [0.15, 0.2) is 308 Å². The van der Waals surface area contributed by atoms with E-state index in [-0.39, 0.29) is 30.8 Å². The standard InChI is InChI=1S/C25H20N4O.C22H20N2O.2C20H22N2O.C18H18N2O/c1-16-12-13-20-19-10-6-7-11-21(19)30-23(20)22(16)29-17(2)28(18-8-4-3-5-9-18)24-25(29)27-15-14-26-24;1-14-12-13-17-16-8-4-7-11-20(16)25-22(17)21(14)24-15(2)23(3)18-9-5-6-10-19(18)24;2*1-13(2)21-11-12-22(15(21)4)19-14(3)9-10-17-16-7-5-6-8-18(16)23-20(17)19;1-12-8-9-15-14-6-4-5-7-16(14)21-18(15)17(12)20-11-10-19(3)13(20)2/h3-15,17H,1-2H3;4-13,15H,1-3H3;2*5-13,15H,1-4H3;4-11,13H,1-3H3/t17-;3*15-;13-/m00000/s1/i;3D3;1D3,13D;13D;3D3/t;m;13?,15-;2m. The summed E-state index contributed by atoms with van der Waals surface area (Å²) >= 11 is 0. The zero-order chi connectivity index (χ0) is 93.6. The van der Waals surface area contributed by atoms with Crippen molar-refractivity contribution < 1.29 is 37.2 Å². The van der Waals surface area contributed by atoms with Crippen LogP contribution in [0.4, 0.5) is 57.1 Å². The Morgan fingerprint density at radius 2 is 0.639 bits per heavy atom. The van der Waals surface area contributed by atoms with Crippen molar-refractivity contribution in [2.75, 3.05) is 48.3 Å². The zero-order valence-electron chi connectivity index (χ0n) is 81.4. The summed E-state index contributed by atoms with van der Waals surface area (Å²) in [4.78, 5) is 28.6. The van der Waals surface area contributed by atoms with Gasteiger partial charge in [0.25, 0.3) is 0 Å². The Morgan fingerprint density at radius 1 is 0.303 bits per heavy atom. The van der Waals surface area contributed by atoms with Gasteiger partial charge in [-0.05, 0) is 179 Å². The molecule has 11 heterocycles.